The number of amides is 1. The lowest BCUT2D eigenvalue weighted by atomic mass is 10.1. The summed E-state index contributed by atoms with van der Waals surface area (Å²) in [6.45, 7) is 9.06. The second-order valence-corrected chi connectivity index (χ2v) is 8.10. The summed E-state index contributed by atoms with van der Waals surface area (Å²) in [5, 5.41) is 3.10. The first-order valence-corrected chi connectivity index (χ1v) is 10.7. The molecule has 0 bridgehead atoms. The summed E-state index contributed by atoms with van der Waals surface area (Å²) >= 11 is 0. The van der Waals surface area contributed by atoms with Crippen molar-refractivity contribution in [2.75, 3.05) is 33.7 Å². The smallest absolute Gasteiger partial charge is 0.220 e. The maximum Gasteiger partial charge on any atom is 0.220 e. The van der Waals surface area contributed by atoms with Gasteiger partial charge in [-0.25, -0.2) is 0 Å². The van der Waals surface area contributed by atoms with Gasteiger partial charge >= 0.3 is 0 Å². The third-order valence-corrected chi connectivity index (χ3v) is 4.97. The van der Waals surface area contributed by atoms with Gasteiger partial charge in [-0.3, -0.25) is 4.79 Å². The Morgan fingerprint density at radius 2 is 1.46 bits per heavy atom. The summed E-state index contributed by atoms with van der Waals surface area (Å²) < 4.78 is 1.01. The number of hydrogen-bond donors (Lipinski definition) is 1. The number of unbranched alkanes of at least 4 members (excludes halogenated alkanes) is 10. The summed E-state index contributed by atoms with van der Waals surface area (Å²) in [6, 6.07) is 0. The van der Waals surface area contributed by atoms with E-state index in [-0.39, 0.29) is 22.9 Å². The van der Waals surface area contributed by atoms with E-state index in [1.807, 2.05) is 6.08 Å². The van der Waals surface area contributed by atoms with Gasteiger partial charge in [-0.2, -0.15) is 0 Å². The molecule has 0 rings (SSSR count). The quantitative estimate of drug-likeness (QED) is 0.159. The molecule has 1 amide bonds. The molecule has 3 nitrogen and oxygen atoms in total. The molecule has 0 unspecified atom stereocenters. The Morgan fingerprint density at radius 1 is 0.885 bits per heavy atom. The Kier molecular flexibility index (Phi) is 20.8. The summed E-state index contributed by atoms with van der Waals surface area (Å²) in [6.07, 6.45) is 17.8. The van der Waals surface area contributed by atoms with Crippen LogP contribution in [0.1, 0.15) is 90.4 Å². The van der Waals surface area contributed by atoms with Gasteiger partial charge in [-0.05, 0) is 32.1 Å². The van der Waals surface area contributed by atoms with Crippen molar-refractivity contribution < 1.29 is 9.28 Å². The molecule has 0 heterocycles. The van der Waals surface area contributed by atoms with Crippen LogP contribution < -0.4 is 5.32 Å². The van der Waals surface area contributed by atoms with Crippen molar-refractivity contribution in [1.29, 1.82) is 0 Å². The molecule has 0 saturated heterocycles. The van der Waals surface area contributed by atoms with Crippen molar-refractivity contribution in [2.45, 2.75) is 90.4 Å². The van der Waals surface area contributed by atoms with Crippen molar-refractivity contribution in [1.82, 2.24) is 5.32 Å². The van der Waals surface area contributed by atoms with Crippen molar-refractivity contribution in [3.63, 3.8) is 0 Å². The van der Waals surface area contributed by atoms with Crippen LogP contribution in [0.25, 0.3) is 0 Å². The van der Waals surface area contributed by atoms with E-state index in [0.717, 1.165) is 30.4 Å². The minimum atomic E-state index is 0. The highest BCUT2D eigenvalue weighted by Crippen LogP contribution is 2.09. The summed E-state index contributed by atoms with van der Waals surface area (Å²) in [4.78, 5) is 11.9. The molecule has 0 aromatic carbocycles. The first-order valence-electron chi connectivity index (χ1n) is 10.7. The molecule has 4 heteroatoms. The molecule has 1 N–H and O–H groups in total. The highest BCUT2D eigenvalue weighted by Gasteiger charge is 2.14. The first kappa shape index (κ1) is 27.9. The van der Waals surface area contributed by atoms with Crippen molar-refractivity contribution >= 4 is 22.9 Å². The normalized spacial score (nSPS) is 11.0. The molecule has 0 aromatic rings. The SMILES string of the molecule is Br.C=CCCCCCCCCC(=O)NCC[N+](C)(C)CCCCCCC. The summed E-state index contributed by atoms with van der Waals surface area (Å²) in [5.74, 6) is 0.231. The average molecular weight is 435 g/mol. The molecular formula is C22H46BrN2O+. The summed E-state index contributed by atoms with van der Waals surface area (Å²) in [7, 11) is 4.55. The lowest BCUT2D eigenvalue weighted by Crippen LogP contribution is -2.45. The van der Waals surface area contributed by atoms with E-state index in [1.165, 1.54) is 70.8 Å². The number of hydrogen-bond acceptors (Lipinski definition) is 1. The third kappa shape index (κ3) is 20.0. The van der Waals surface area contributed by atoms with Gasteiger partial charge in [-0.1, -0.05) is 57.9 Å². The van der Waals surface area contributed by atoms with Gasteiger partial charge < -0.3 is 9.80 Å². The predicted molar refractivity (Wildman–Crippen MR) is 121 cm³/mol. The Bertz CT molecular complexity index is 332. The van der Waals surface area contributed by atoms with E-state index in [4.69, 9.17) is 0 Å². The first-order chi connectivity index (χ1) is 12.0. The van der Waals surface area contributed by atoms with Crippen LogP contribution in [0.15, 0.2) is 12.7 Å². The van der Waals surface area contributed by atoms with Crippen LogP contribution in [0.5, 0.6) is 0 Å². The van der Waals surface area contributed by atoms with E-state index >= 15 is 0 Å². The average Bonchev–Trinajstić information content (AvgIpc) is 2.57. The predicted octanol–water partition coefficient (Wildman–Crippen LogP) is 6.03. The van der Waals surface area contributed by atoms with E-state index in [9.17, 15) is 4.79 Å². The van der Waals surface area contributed by atoms with E-state index < -0.39 is 0 Å². The third-order valence-electron chi connectivity index (χ3n) is 4.97. The maximum absolute atomic E-state index is 11.9. The van der Waals surface area contributed by atoms with Crippen LogP contribution in [0.4, 0.5) is 0 Å². The van der Waals surface area contributed by atoms with Gasteiger partial charge in [0.2, 0.25) is 5.91 Å². The molecular weight excluding hydrogens is 388 g/mol. The Morgan fingerprint density at radius 3 is 2.12 bits per heavy atom. The zero-order valence-electron chi connectivity index (χ0n) is 17.9. The molecule has 0 aromatic heterocycles. The number of quaternary nitrogens is 1. The highest BCUT2D eigenvalue weighted by atomic mass is 79.9. The zero-order valence-corrected chi connectivity index (χ0v) is 19.6. The molecule has 0 spiro atoms. The number of nitrogens with zero attached hydrogens (tertiary/aromatic N) is 1. The molecule has 0 saturated carbocycles. The fourth-order valence-corrected chi connectivity index (χ4v) is 3.12. The minimum Gasteiger partial charge on any atom is -0.350 e. The van der Waals surface area contributed by atoms with Gasteiger partial charge in [0, 0.05) is 6.42 Å². The number of carbonyl (C=O) groups excluding carboxylic acids is 1. The lowest BCUT2D eigenvalue weighted by molar-refractivity contribution is -0.889. The van der Waals surface area contributed by atoms with E-state index in [0.29, 0.717) is 6.42 Å². The van der Waals surface area contributed by atoms with Crippen LogP contribution in [-0.2, 0) is 4.79 Å². The number of likely N-dealkylation sites (N-methyl/N-ethyl adjacent to an activating group) is 1. The molecule has 0 atom stereocenters. The number of halogens is 1. The van der Waals surface area contributed by atoms with Crippen LogP contribution in [-0.4, -0.2) is 44.1 Å². The Labute approximate surface area is 174 Å². The van der Waals surface area contributed by atoms with Crippen LogP contribution >= 0.6 is 17.0 Å². The van der Waals surface area contributed by atoms with Crippen molar-refractivity contribution in [2.24, 2.45) is 0 Å². The Balaban J connectivity index is 0. The monoisotopic (exact) mass is 433 g/mol. The van der Waals surface area contributed by atoms with Crippen LogP contribution in [0.3, 0.4) is 0 Å². The number of rotatable bonds is 18. The summed E-state index contributed by atoms with van der Waals surface area (Å²) in [5.41, 5.74) is 0. The largest absolute Gasteiger partial charge is 0.350 e. The zero-order chi connectivity index (χ0) is 18.8. The van der Waals surface area contributed by atoms with Gasteiger partial charge in [0.25, 0.3) is 0 Å². The van der Waals surface area contributed by atoms with Crippen LogP contribution in [0, 0.1) is 0 Å². The van der Waals surface area contributed by atoms with E-state index in [2.05, 4.69) is 32.9 Å². The standard InChI is InChI=1S/C22H44N2O.BrH/c1-5-7-9-11-12-13-14-16-18-22(25)23-19-21-24(3,4)20-17-15-10-8-6-2;/h5H,1,6-21H2,2-4H3;1H/p+1. The van der Waals surface area contributed by atoms with Crippen molar-refractivity contribution in [3.8, 4) is 0 Å². The fourth-order valence-electron chi connectivity index (χ4n) is 3.12. The second-order valence-electron chi connectivity index (χ2n) is 8.10. The molecule has 156 valence electrons. The fraction of sp³-hybridized carbons (Fsp3) is 0.864. The molecule has 0 fully saturated rings. The molecule has 0 aliphatic carbocycles. The highest BCUT2D eigenvalue weighted by molar-refractivity contribution is 8.93. The number of carbonyl (C=O) groups is 1. The molecule has 0 aliphatic rings. The van der Waals surface area contributed by atoms with Gasteiger partial charge in [-0.15, -0.1) is 23.6 Å². The molecule has 26 heavy (non-hydrogen) atoms. The Hall–Kier alpha value is -0.350. The van der Waals surface area contributed by atoms with Crippen LogP contribution in [0.2, 0.25) is 0 Å². The van der Waals surface area contributed by atoms with Gasteiger partial charge in [0.15, 0.2) is 0 Å². The lowest BCUT2D eigenvalue weighted by Gasteiger charge is -2.30. The maximum atomic E-state index is 11.9. The van der Waals surface area contributed by atoms with Gasteiger partial charge in [0.1, 0.15) is 0 Å². The number of nitrogens with one attached hydrogen (secondary N) is 1. The molecule has 0 aliphatic heterocycles. The van der Waals surface area contributed by atoms with E-state index in [1.54, 1.807) is 0 Å². The topological polar surface area (TPSA) is 29.1 Å². The minimum absolute atomic E-state index is 0. The second kappa shape index (κ2) is 19.4. The number of allylic oxidation sites excluding steroid dienone is 1. The molecule has 0 radical (unpaired) electrons. The van der Waals surface area contributed by atoms with Crippen molar-refractivity contribution in [3.05, 3.63) is 12.7 Å². The van der Waals surface area contributed by atoms with Gasteiger partial charge in [0.05, 0.1) is 33.7 Å².